The number of carbonyl (C=O) groups excluding carboxylic acids is 1. The molecule has 2 N–H and O–H groups in total. The molecule has 4 nitrogen and oxygen atoms in total. The fraction of sp³-hybridized carbons (Fsp3) is 0.923. The summed E-state index contributed by atoms with van der Waals surface area (Å²) >= 11 is 0. The predicted molar refractivity (Wildman–Crippen MR) is 71.0 cm³/mol. The quantitative estimate of drug-likeness (QED) is 0.698. The van der Waals surface area contributed by atoms with E-state index in [9.17, 15) is 4.79 Å². The highest BCUT2D eigenvalue weighted by Crippen LogP contribution is 2.10. The highest BCUT2D eigenvalue weighted by atomic mass is 16.2. The lowest BCUT2D eigenvalue weighted by Gasteiger charge is -2.25. The van der Waals surface area contributed by atoms with Gasteiger partial charge in [0.15, 0.2) is 0 Å². The first-order chi connectivity index (χ1) is 8.15. The minimum Gasteiger partial charge on any atom is -0.355 e. The Hall–Kier alpha value is -0.610. The van der Waals surface area contributed by atoms with Crippen LogP contribution >= 0.6 is 0 Å². The zero-order valence-electron chi connectivity index (χ0n) is 11.5. The number of rotatable bonds is 7. The van der Waals surface area contributed by atoms with Crippen LogP contribution in [0.5, 0.6) is 0 Å². The molecule has 0 spiro atoms. The van der Waals surface area contributed by atoms with E-state index in [1.165, 1.54) is 25.9 Å². The third kappa shape index (κ3) is 5.04. The summed E-state index contributed by atoms with van der Waals surface area (Å²) in [6.45, 7) is 10.3. The van der Waals surface area contributed by atoms with Crippen molar-refractivity contribution in [2.45, 2.75) is 52.1 Å². The fourth-order valence-electron chi connectivity index (χ4n) is 2.15. The Balaban J connectivity index is 2.17. The SMILES string of the molecule is CCCNC(=O)C(C)NCC(C)N1CCCC1. The van der Waals surface area contributed by atoms with Gasteiger partial charge >= 0.3 is 0 Å². The molecule has 1 rings (SSSR count). The molecule has 0 radical (unpaired) electrons. The number of hydrogen-bond donors (Lipinski definition) is 2. The zero-order valence-corrected chi connectivity index (χ0v) is 11.5. The zero-order chi connectivity index (χ0) is 12.7. The molecule has 4 heteroatoms. The van der Waals surface area contributed by atoms with E-state index in [-0.39, 0.29) is 11.9 Å². The summed E-state index contributed by atoms with van der Waals surface area (Å²) in [6.07, 6.45) is 3.62. The van der Waals surface area contributed by atoms with Crippen LogP contribution in [0.25, 0.3) is 0 Å². The third-order valence-corrected chi connectivity index (χ3v) is 3.43. The van der Waals surface area contributed by atoms with E-state index < -0.39 is 0 Å². The van der Waals surface area contributed by atoms with Crippen molar-refractivity contribution < 1.29 is 4.79 Å². The van der Waals surface area contributed by atoms with E-state index in [0.29, 0.717) is 6.04 Å². The Kier molecular flexibility index (Phi) is 6.52. The maximum absolute atomic E-state index is 11.6. The Labute approximate surface area is 105 Å². The molecule has 1 aliphatic heterocycles. The van der Waals surface area contributed by atoms with Crippen LogP contribution < -0.4 is 10.6 Å². The van der Waals surface area contributed by atoms with E-state index in [1.807, 2.05) is 6.92 Å². The van der Waals surface area contributed by atoms with Gasteiger partial charge in [-0.3, -0.25) is 9.69 Å². The van der Waals surface area contributed by atoms with Gasteiger partial charge in [-0.05, 0) is 46.2 Å². The van der Waals surface area contributed by atoms with Gasteiger partial charge in [-0.2, -0.15) is 0 Å². The largest absolute Gasteiger partial charge is 0.355 e. The summed E-state index contributed by atoms with van der Waals surface area (Å²) in [5.74, 6) is 0.112. The molecule has 100 valence electrons. The third-order valence-electron chi connectivity index (χ3n) is 3.43. The van der Waals surface area contributed by atoms with Gasteiger partial charge in [0.05, 0.1) is 6.04 Å². The number of amides is 1. The maximum atomic E-state index is 11.6. The van der Waals surface area contributed by atoms with Crippen molar-refractivity contribution in [2.75, 3.05) is 26.2 Å². The van der Waals surface area contributed by atoms with Crippen molar-refractivity contribution >= 4 is 5.91 Å². The second kappa shape index (κ2) is 7.67. The summed E-state index contributed by atoms with van der Waals surface area (Å²) in [6, 6.07) is 0.436. The average molecular weight is 241 g/mol. The molecule has 0 aliphatic carbocycles. The van der Waals surface area contributed by atoms with Crippen LogP contribution in [0, 0.1) is 0 Å². The van der Waals surface area contributed by atoms with E-state index in [0.717, 1.165) is 19.5 Å². The number of hydrogen-bond acceptors (Lipinski definition) is 3. The molecule has 17 heavy (non-hydrogen) atoms. The summed E-state index contributed by atoms with van der Waals surface area (Å²) in [7, 11) is 0. The van der Waals surface area contributed by atoms with Gasteiger partial charge in [0.2, 0.25) is 5.91 Å². The first-order valence-electron chi connectivity index (χ1n) is 6.90. The van der Waals surface area contributed by atoms with Crippen LogP contribution in [-0.4, -0.2) is 49.1 Å². The Bertz CT molecular complexity index is 227. The average Bonchev–Trinajstić information content (AvgIpc) is 2.86. The first-order valence-corrected chi connectivity index (χ1v) is 6.90. The lowest BCUT2D eigenvalue weighted by molar-refractivity contribution is -0.122. The molecule has 1 aliphatic rings. The van der Waals surface area contributed by atoms with Crippen LogP contribution in [0.2, 0.25) is 0 Å². The predicted octanol–water partition coefficient (Wildman–Crippen LogP) is 0.975. The highest BCUT2D eigenvalue weighted by Gasteiger charge is 2.19. The van der Waals surface area contributed by atoms with Gasteiger partial charge < -0.3 is 10.6 Å². The van der Waals surface area contributed by atoms with Crippen LogP contribution in [0.3, 0.4) is 0 Å². The van der Waals surface area contributed by atoms with Crippen molar-refractivity contribution in [2.24, 2.45) is 0 Å². The molecule has 2 unspecified atom stereocenters. The minimum atomic E-state index is -0.0911. The molecule has 1 saturated heterocycles. The summed E-state index contributed by atoms with van der Waals surface area (Å²) in [5, 5.41) is 6.22. The molecule has 2 atom stereocenters. The molecular formula is C13H27N3O. The molecule has 0 aromatic carbocycles. The molecule has 0 bridgehead atoms. The lowest BCUT2D eigenvalue weighted by Crippen LogP contribution is -2.47. The molecule has 0 aromatic rings. The molecule has 0 saturated carbocycles. The van der Waals surface area contributed by atoms with Gasteiger partial charge in [0.25, 0.3) is 0 Å². The van der Waals surface area contributed by atoms with Crippen molar-refractivity contribution in [3.05, 3.63) is 0 Å². The van der Waals surface area contributed by atoms with Crippen LogP contribution in [0.4, 0.5) is 0 Å². The van der Waals surface area contributed by atoms with E-state index in [2.05, 4.69) is 29.4 Å². The first kappa shape index (κ1) is 14.5. The van der Waals surface area contributed by atoms with Gasteiger partial charge in [-0.15, -0.1) is 0 Å². The minimum absolute atomic E-state index is 0.0911. The smallest absolute Gasteiger partial charge is 0.236 e. The summed E-state index contributed by atoms with van der Waals surface area (Å²) in [5.41, 5.74) is 0. The number of nitrogens with one attached hydrogen (secondary N) is 2. The molecule has 1 amide bonds. The monoisotopic (exact) mass is 241 g/mol. The lowest BCUT2D eigenvalue weighted by atomic mass is 10.2. The second-order valence-corrected chi connectivity index (χ2v) is 5.01. The summed E-state index contributed by atoms with van der Waals surface area (Å²) in [4.78, 5) is 14.1. The number of carbonyl (C=O) groups is 1. The number of nitrogens with zero attached hydrogens (tertiary/aromatic N) is 1. The van der Waals surface area contributed by atoms with Crippen molar-refractivity contribution in [1.29, 1.82) is 0 Å². The Morgan fingerprint density at radius 2 is 1.94 bits per heavy atom. The molecular weight excluding hydrogens is 214 g/mol. The normalized spacial score (nSPS) is 20.2. The maximum Gasteiger partial charge on any atom is 0.236 e. The second-order valence-electron chi connectivity index (χ2n) is 5.01. The van der Waals surface area contributed by atoms with Gasteiger partial charge in [-0.25, -0.2) is 0 Å². The summed E-state index contributed by atoms with van der Waals surface area (Å²) < 4.78 is 0. The van der Waals surface area contributed by atoms with Crippen LogP contribution in [0.1, 0.15) is 40.0 Å². The molecule has 1 heterocycles. The van der Waals surface area contributed by atoms with Gasteiger partial charge in [0.1, 0.15) is 0 Å². The van der Waals surface area contributed by atoms with E-state index in [4.69, 9.17) is 0 Å². The highest BCUT2D eigenvalue weighted by molar-refractivity contribution is 5.81. The Morgan fingerprint density at radius 1 is 1.29 bits per heavy atom. The van der Waals surface area contributed by atoms with Crippen molar-refractivity contribution in [3.63, 3.8) is 0 Å². The standard InChI is InChI=1S/C13H27N3O/c1-4-7-14-13(17)12(3)15-10-11(2)16-8-5-6-9-16/h11-12,15H,4-10H2,1-3H3,(H,14,17). The van der Waals surface area contributed by atoms with E-state index >= 15 is 0 Å². The number of likely N-dealkylation sites (tertiary alicyclic amines) is 1. The Morgan fingerprint density at radius 3 is 2.53 bits per heavy atom. The van der Waals surface area contributed by atoms with Crippen molar-refractivity contribution in [1.82, 2.24) is 15.5 Å². The van der Waals surface area contributed by atoms with Crippen LogP contribution in [-0.2, 0) is 4.79 Å². The topological polar surface area (TPSA) is 44.4 Å². The molecule has 1 fully saturated rings. The molecule has 0 aromatic heterocycles. The van der Waals surface area contributed by atoms with E-state index in [1.54, 1.807) is 0 Å². The van der Waals surface area contributed by atoms with Crippen LogP contribution in [0.15, 0.2) is 0 Å². The van der Waals surface area contributed by atoms with Gasteiger partial charge in [-0.1, -0.05) is 6.92 Å². The van der Waals surface area contributed by atoms with Gasteiger partial charge in [0, 0.05) is 19.1 Å². The fourth-order valence-corrected chi connectivity index (χ4v) is 2.15. The van der Waals surface area contributed by atoms with Crippen molar-refractivity contribution in [3.8, 4) is 0 Å².